The van der Waals surface area contributed by atoms with Gasteiger partial charge in [-0.05, 0) is 24.3 Å². The lowest BCUT2D eigenvalue weighted by molar-refractivity contribution is -0.121. The summed E-state index contributed by atoms with van der Waals surface area (Å²) in [6.45, 7) is 0.540. The highest BCUT2D eigenvalue weighted by molar-refractivity contribution is 6.30. The Balaban J connectivity index is 1.63. The van der Waals surface area contributed by atoms with Gasteiger partial charge in [0, 0.05) is 35.2 Å². The molecule has 0 saturated carbocycles. The molecule has 0 aliphatic rings. The van der Waals surface area contributed by atoms with Crippen LogP contribution >= 0.6 is 11.6 Å². The van der Waals surface area contributed by atoms with E-state index in [0.29, 0.717) is 17.3 Å². The largest absolute Gasteiger partial charge is 0.496 e. The Bertz CT molecular complexity index is 1030. The number of para-hydroxylation sites is 1. The fraction of sp³-hybridized carbons (Fsp3) is 0.190. The van der Waals surface area contributed by atoms with Gasteiger partial charge in [-0.1, -0.05) is 41.9 Å². The zero-order valence-corrected chi connectivity index (χ0v) is 16.1. The number of methoxy groups -OCH3 is 1. The van der Waals surface area contributed by atoms with Gasteiger partial charge >= 0.3 is 0 Å². The predicted octanol–water partition coefficient (Wildman–Crippen LogP) is 3.28. The first-order valence-electron chi connectivity index (χ1n) is 8.79. The van der Waals surface area contributed by atoms with Crippen molar-refractivity contribution >= 4 is 17.5 Å². The monoisotopic (exact) mass is 397 g/mol. The molecule has 1 N–H and O–H groups in total. The van der Waals surface area contributed by atoms with Crippen LogP contribution in [-0.4, -0.2) is 22.8 Å². The number of carbonyl (C=O) groups is 1. The first kappa shape index (κ1) is 19.6. The fourth-order valence-electron chi connectivity index (χ4n) is 2.75. The lowest BCUT2D eigenvalue weighted by Gasteiger charge is -2.10. The highest BCUT2D eigenvalue weighted by Crippen LogP contribution is 2.20. The molecule has 7 heteroatoms. The molecule has 0 atom stereocenters. The Kier molecular flexibility index (Phi) is 6.45. The van der Waals surface area contributed by atoms with E-state index in [4.69, 9.17) is 16.3 Å². The fourth-order valence-corrected chi connectivity index (χ4v) is 2.94. The van der Waals surface area contributed by atoms with Crippen LogP contribution in [0.4, 0.5) is 0 Å². The number of hydrogen-bond donors (Lipinski definition) is 1. The van der Waals surface area contributed by atoms with Crippen LogP contribution in [0.25, 0.3) is 11.3 Å². The molecule has 3 rings (SSSR count). The van der Waals surface area contributed by atoms with Crippen LogP contribution in [0, 0.1) is 0 Å². The third-order valence-electron chi connectivity index (χ3n) is 4.21. The van der Waals surface area contributed by atoms with Gasteiger partial charge in [-0.25, -0.2) is 4.68 Å². The van der Waals surface area contributed by atoms with Crippen molar-refractivity contribution in [2.45, 2.75) is 19.5 Å². The van der Waals surface area contributed by atoms with Crippen molar-refractivity contribution in [1.82, 2.24) is 15.1 Å². The van der Waals surface area contributed by atoms with Gasteiger partial charge in [-0.15, -0.1) is 0 Å². The summed E-state index contributed by atoms with van der Waals surface area (Å²) in [4.78, 5) is 24.3. The molecular weight excluding hydrogens is 378 g/mol. The second-order valence-electron chi connectivity index (χ2n) is 6.13. The average Bonchev–Trinajstić information content (AvgIpc) is 2.71. The number of rotatable bonds is 7. The zero-order chi connectivity index (χ0) is 19.9. The third kappa shape index (κ3) is 4.98. The van der Waals surface area contributed by atoms with E-state index in [9.17, 15) is 9.59 Å². The summed E-state index contributed by atoms with van der Waals surface area (Å²) in [5, 5.41) is 7.77. The Morgan fingerprint density at radius 2 is 1.96 bits per heavy atom. The molecule has 0 saturated heterocycles. The van der Waals surface area contributed by atoms with E-state index in [1.54, 1.807) is 25.3 Å². The minimum Gasteiger partial charge on any atom is -0.496 e. The number of aromatic nitrogens is 2. The number of halogens is 1. The van der Waals surface area contributed by atoms with E-state index in [1.807, 2.05) is 36.4 Å². The molecule has 0 aliphatic carbocycles. The quantitative estimate of drug-likeness (QED) is 0.664. The summed E-state index contributed by atoms with van der Waals surface area (Å²) in [5.41, 5.74) is 2.05. The molecule has 0 unspecified atom stereocenters. The van der Waals surface area contributed by atoms with E-state index < -0.39 is 0 Å². The standard InChI is InChI=1S/C21H20ClN3O3/c1-28-19-8-3-2-5-16(19)14-23-20(26)11-12-25-21(27)10-9-18(24-25)15-6-4-7-17(22)13-15/h2-10,13H,11-12,14H2,1H3,(H,23,26). The minimum absolute atomic E-state index is 0.140. The minimum atomic E-state index is -0.261. The summed E-state index contributed by atoms with van der Waals surface area (Å²) in [5.74, 6) is 0.544. The topological polar surface area (TPSA) is 73.2 Å². The number of aryl methyl sites for hydroxylation is 1. The summed E-state index contributed by atoms with van der Waals surface area (Å²) < 4.78 is 6.56. The summed E-state index contributed by atoms with van der Waals surface area (Å²) in [7, 11) is 1.59. The number of ether oxygens (including phenoxy) is 1. The van der Waals surface area contributed by atoms with Crippen LogP contribution < -0.4 is 15.6 Å². The van der Waals surface area contributed by atoms with Gasteiger partial charge in [0.15, 0.2) is 0 Å². The van der Waals surface area contributed by atoms with Crippen molar-refractivity contribution in [1.29, 1.82) is 0 Å². The van der Waals surface area contributed by atoms with Gasteiger partial charge in [0.05, 0.1) is 19.3 Å². The van der Waals surface area contributed by atoms with Gasteiger partial charge < -0.3 is 10.1 Å². The molecule has 6 nitrogen and oxygen atoms in total. The first-order chi connectivity index (χ1) is 13.6. The van der Waals surface area contributed by atoms with Gasteiger partial charge in [0.25, 0.3) is 5.56 Å². The lowest BCUT2D eigenvalue weighted by Crippen LogP contribution is -2.28. The lowest BCUT2D eigenvalue weighted by atomic mass is 10.1. The molecule has 144 valence electrons. The maximum Gasteiger partial charge on any atom is 0.266 e. The van der Waals surface area contributed by atoms with Crippen molar-refractivity contribution in [3.63, 3.8) is 0 Å². The first-order valence-corrected chi connectivity index (χ1v) is 9.17. The number of nitrogens with one attached hydrogen (secondary N) is 1. The molecule has 28 heavy (non-hydrogen) atoms. The number of amides is 1. The third-order valence-corrected chi connectivity index (χ3v) is 4.44. The molecule has 0 bridgehead atoms. The summed E-state index contributed by atoms with van der Waals surface area (Å²) in [6.07, 6.45) is 0.140. The van der Waals surface area contributed by atoms with E-state index in [0.717, 1.165) is 16.9 Å². The SMILES string of the molecule is COc1ccccc1CNC(=O)CCn1nc(-c2cccc(Cl)c2)ccc1=O. The Hall–Kier alpha value is -3.12. The number of benzene rings is 2. The van der Waals surface area contributed by atoms with Crippen LogP contribution in [0.3, 0.4) is 0 Å². The molecule has 0 aliphatic heterocycles. The van der Waals surface area contributed by atoms with E-state index in [2.05, 4.69) is 10.4 Å². The highest BCUT2D eigenvalue weighted by atomic mass is 35.5. The van der Waals surface area contributed by atoms with Gasteiger partial charge in [-0.2, -0.15) is 5.10 Å². The Morgan fingerprint density at radius 3 is 2.75 bits per heavy atom. The van der Waals surface area contributed by atoms with Crippen LogP contribution in [0.1, 0.15) is 12.0 Å². The summed E-state index contributed by atoms with van der Waals surface area (Å²) in [6, 6.07) is 17.8. The zero-order valence-electron chi connectivity index (χ0n) is 15.4. The molecule has 1 amide bonds. The van der Waals surface area contributed by atoms with Gasteiger partial charge in [0.2, 0.25) is 5.91 Å². The predicted molar refractivity (Wildman–Crippen MR) is 108 cm³/mol. The molecule has 2 aromatic carbocycles. The van der Waals surface area contributed by atoms with Crippen LogP contribution in [0.5, 0.6) is 5.75 Å². The molecule has 0 radical (unpaired) electrons. The molecule has 0 spiro atoms. The smallest absolute Gasteiger partial charge is 0.266 e. The number of carbonyl (C=O) groups excluding carboxylic acids is 1. The molecule has 3 aromatic rings. The van der Waals surface area contributed by atoms with E-state index >= 15 is 0 Å². The van der Waals surface area contributed by atoms with Gasteiger partial charge in [0.1, 0.15) is 5.75 Å². The highest BCUT2D eigenvalue weighted by Gasteiger charge is 2.08. The molecule has 0 fully saturated rings. The van der Waals surface area contributed by atoms with E-state index in [-0.39, 0.29) is 24.4 Å². The normalized spacial score (nSPS) is 10.5. The van der Waals surface area contributed by atoms with Crippen LogP contribution in [0.2, 0.25) is 5.02 Å². The maximum absolute atomic E-state index is 12.2. The van der Waals surface area contributed by atoms with Crippen molar-refractivity contribution in [2.24, 2.45) is 0 Å². The van der Waals surface area contributed by atoms with Gasteiger partial charge in [-0.3, -0.25) is 9.59 Å². The average molecular weight is 398 g/mol. The van der Waals surface area contributed by atoms with Crippen molar-refractivity contribution in [2.75, 3.05) is 7.11 Å². The Labute approximate surface area is 167 Å². The second kappa shape index (κ2) is 9.19. The number of nitrogens with zero attached hydrogens (tertiary/aromatic N) is 2. The molecule has 1 heterocycles. The van der Waals surface area contributed by atoms with Crippen molar-refractivity contribution in [3.05, 3.63) is 81.6 Å². The molecular formula is C21H20ClN3O3. The maximum atomic E-state index is 12.2. The van der Waals surface area contributed by atoms with Crippen molar-refractivity contribution in [3.8, 4) is 17.0 Å². The second-order valence-corrected chi connectivity index (χ2v) is 6.57. The van der Waals surface area contributed by atoms with Crippen LogP contribution in [-0.2, 0) is 17.9 Å². The van der Waals surface area contributed by atoms with E-state index in [1.165, 1.54) is 10.7 Å². The Morgan fingerprint density at radius 1 is 1.14 bits per heavy atom. The molecule has 1 aromatic heterocycles. The van der Waals surface area contributed by atoms with Crippen molar-refractivity contribution < 1.29 is 9.53 Å². The number of hydrogen-bond acceptors (Lipinski definition) is 4. The van der Waals surface area contributed by atoms with Crippen LogP contribution in [0.15, 0.2) is 65.5 Å². The summed E-state index contributed by atoms with van der Waals surface area (Å²) >= 11 is 6.02.